The molecule has 1 amide bonds. The third-order valence-corrected chi connectivity index (χ3v) is 4.87. The summed E-state index contributed by atoms with van der Waals surface area (Å²) >= 11 is 1.83. The Labute approximate surface area is 122 Å². The number of hydrogen-bond donors (Lipinski definition) is 1. The number of carbonyl (C=O) groups is 1. The Kier molecular flexibility index (Phi) is 6.18. The van der Waals surface area contributed by atoms with Crippen molar-refractivity contribution >= 4 is 17.7 Å². The van der Waals surface area contributed by atoms with Gasteiger partial charge in [0.05, 0.1) is 11.7 Å². The minimum absolute atomic E-state index is 0.203. The largest absolute Gasteiger partial charge is 0.322 e. The lowest BCUT2D eigenvalue weighted by atomic mass is 9.99. The molecular formula is C15H30N2OS. The zero-order valence-electron chi connectivity index (χ0n) is 13.3. The van der Waals surface area contributed by atoms with Crippen LogP contribution in [0, 0.1) is 5.92 Å². The highest BCUT2D eigenvalue weighted by Crippen LogP contribution is 2.30. The molecule has 1 aliphatic heterocycles. The van der Waals surface area contributed by atoms with Crippen molar-refractivity contribution in [2.24, 2.45) is 5.92 Å². The fraction of sp³-hybridized carbons (Fsp3) is 0.933. The molecular weight excluding hydrogens is 256 g/mol. The second kappa shape index (κ2) is 6.98. The van der Waals surface area contributed by atoms with Gasteiger partial charge in [-0.3, -0.25) is 10.1 Å². The van der Waals surface area contributed by atoms with Crippen LogP contribution in [0.3, 0.4) is 0 Å². The van der Waals surface area contributed by atoms with Gasteiger partial charge in [0.25, 0.3) is 0 Å². The molecule has 0 spiro atoms. The van der Waals surface area contributed by atoms with Gasteiger partial charge in [0.1, 0.15) is 0 Å². The van der Waals surface area contributed by atoms with Crippen LogP contribution in [0.5, 0.6) is 0 Å². The second-order valence-electron chi connectivity index (χ2n) is 6.21. The van der Waals surface area contributed by atoms with E-state index in [-0.39, 0.29) is 11.7 Å². The van der Waals surface area contributed by atoms with Crippen LogP contribution in [0.25, 0.3) is 0 Å². The van der Waals surface area contributed by atoms with Crippen molar-refractivity contribution in [3.05, 3.63) is 0 Å². The normalized spacial score (nSPS) is 29.3. The summed E-state index contributed by atoms with van der Waals surface area (Å²) in [5.41, 5.74) is -0.370. The molecule has 0 aromatic carbocycles. The maximum atomic E-state index is 12.8. The van der Waals surface area contributed by atoms with Crippen LogP contribution >= 0.6 is 11.8 Å². The highest BCUT2D eigenvalue weighted by atomic mass is 32.2. The van der Waals surface area contributed by atoms with Gasteiger partial charge in [-0.15, -0.1) is 0 Å². The maximum Gasteiger partial charge on any atom is 0.244 e. The molecule has 1 aliphatic rings. The molecule has 1 fully saturated rings. The minimum Gasteiger partial charge on any atom is -0.322 e. The van der Waals surface area contributed by atoms with Crippen molar-refractivity contribution in [1.29, 1.82) is 0 Å². The number of amides is 1. The number of carbonyl (C=O) groups excluding carboxylic acids is 1. The first-order chi connectivity index (χ1) is 8.89. The number of thioether (sulfide) groups is 1. The molecule has 0 bridgehead atoms. The molecule has 0 aromatic heterocycles. The summed E-state index contributed by atoms with van der Waals surface area (Å²) in [6.07, 6.45) is 5.24. The SMILES string of the molecule is CCC(CSC)N1C(=O)C(C)(CC)NC1CC(C)C. The average molecular weight is 286 g/mol. The van der Waals surface area contributed by atoms with Crippen LogP contribution in [0.15, 0.2) is 0 Å². The van der Waals surface area contributed by atoms with Crippen LogP contribution < -0.4 is 5.32 Å². The molecule has 0 aliphatic carbocycles. The molecule has 0 saturated carbocycles. The van der Waals surface area contributed by atoms with Crippen molar-refractivity contribution < 1.29 is 4.79 Å². The van der Waals surface area contributed by atoms with E-state index >= 15 is 0 Å². The van der Waals surface area contributed by atoms with Crippen LogP contribution in [-0.2, 0) is 4.79 Å². The van der Waals surface area contributed by atoms with E-state index in [0.29, 0.717) is 17.9 Å². The quantitative estimate of drug-likeness (QED) is 0.780. The van der Waals surface area contributed by atoms with Gasteiger partial charge in [0.15, 0.2) is 0 Å². The van der Waals surface area contributed by atoms with Crippen molar-refractivity contribution in [3.8, 4) is 0 Å². The summed E-state index contributed by atoms with van der Waals surface area (Å²) in [7, 11) is 0. The Morgan fingerprint density at radius 1 is 1.42 bits per heavy atom. The topological polar surface area (TPSA) is 32.3 Å². The predicted octanol–water partition coefficient (Wildman–Crippen LogP) is 3.10. The van der Waals surface area contributed by atoms with E-state index in [1.165, 1.54) is 0 Å². The molecule has 1 N–H and O–H groups in total. The summed E-state index contributed by atoms with van der Waals surface area (Å²) in [4.78, 5) is 14.9. The fourth-order valence-electron chi connectivity index (χ4n) is 2.81. The van der Waals surface area contributed by atoms with E-state index in [9.17, 15) is 4.79 Å². The Balaban J connectivity index is 2.96. The minimum atomic E-state index is -0.370. The van der Waals surface area contributed by atoms with Crippen LogP contribution in [0.4, 0.5) is 0 Å². The Bertz CT molecular complexity index is 309. The van der Waals surface area contributed by atoms with E-state index in [1.807, 2.05) is 11.8 Å². The zero-order valence-corrected chi connectivity index (χ0v) is 14.1. The third-order valence-electron chi connectivity index (χ3n) is 4.15. The molecule has 3 unspecified atom stereocenters. The standard InChI is InChI=1S/C15H30N2OS/c1-7-12(10-19-6)17-13(9-11(3)4)16-15(5,8-2)14(17)18/h11-13,16H,7-10H2,1-6H3. The summed E-state index contributed by atoms with van der Waals surface area (Å²) < 4.78 is 0. The van der Waals surface area contributed by atoms with Gasteiger partial charge in [-0.2, -0.15) is 11.8 Å². The smallest absolute Gasteiger partial charge is 0.244 e. The van der Waals surface area contributed by atoms with E-state index in [4.69, 9.17) is 0 Å². The molecule has 19 heavy (non-hydrogen) atoms. The Morgan fingerprint density at radius 3 is 2.47 bits per heavy atom. The first-order valence-corrected chi connectivity index (χ1v) is 8.88. The van der Waals surface area contributed by atoms with Gasteiger partial charge in [-0.1, -0.05) is 27.7 Å². The number of rotatable bonds is 7. The van der Waals surface area contributed by atoms with E-state index < -0.39 is 0 Å². The van der Waals surface area contributed by atoms with Gasteiger partial charge in [0, 0.05) is 11.8 Å². The highest BCUT2D eigenvalue weighted by Gasteiger charge is 2.48. The first-order valence-electron chi connectivity index (χ1n) is 7.49. The molecule has 1 rings (SSSR count). The molecule has 3 nitrogen and oxygen atoms in total. The fourth-order valence-corrected chi connectivity index (χ4v) is 3.59. The van der Waals surface area contributed by atoms with Gasteiger partial charge in [-0.05, 0) is 38.4 Å². The third kappa shape index (κ3) is 3.66. The number of nitrogens with one attached hydrogen (secondary N) is 1. The van der Waals surface area contributed by atoms with Crippen molar-refractivity contribution in [3.63, 3.8) is 0 Å². The first kappa shape index (κ1) is 16.8. The van der Waals surface area contributed by atoms with Crippen molar-refractivity contribution in [2.45, 2.75) is 71.6 Å². The Morgan fingerprint density at radius 2 is 2.05 bits per heavy atom. The lowest BCUT2D eigenvalue weighted by Crippen LogP contribution is -2.46. The van der Waals surface area contributed by atoms with E-state index in [1.54, 1.807) is 0 Å². The predicted molar refractivity (Wildman–Crippen MR) is 84.4 cm³/mol. The summed E-state index contributed by atoms with van der Waals surface area (Å²) in [5, 5.41) is 3.59. The van der Waals surface area contributed by atoms with Gasteiger partial charge in [-0.25, -0.2) is 0 Å². The lowest BCUT2D eigenvalue weighted by Gasteiger charge is -2.32. The van der Waals surface area contributed by atoms with Crippen molar-refractivity contribution in [2.75, 3.05) is 12.0 Å². The molecule has 112 valence electrons. The van der Waals surface area contributed by atoms with Crippen molar-refractivity contribution in [1.82, 2.24) is 10.2 Å². The maximum absolute atomic E-state index is 12.8. The van der Waals surface area contributed by atoms with Crippen LogP contribution in [0.2, 0.25) is 0 Å². The lowest BCUT2D eigenvalue weighted by molar-refractivity contribution is -0.134. The van der Waals surface area contributed by atoms with Gasteiger partial charge < -0.3 is 4.90 Å². The molecule has 1 heterocycles. The highest BCUT2D eigenvalue weighted by molar-refractivity contribution is 7.98. The number of hydrogen-bond acceptors (Lipinski definition) is 3. The molecule has 0 radical (unpaired) electrons. The van der Waals surface area contributed by atoms with Gasteiger partial charge in [0.2, 0.25) is 5.91 Å². The average Bonchev–Trinajstić information content (AvgIpc) is 2.59. The van der Waals surface area contributed by atoms with Gasteiger partial charge >= 0.3 is 0 Å². The van der Waals surface area contributed by atoms with Crippen LogP contribution in [-0.4, -0.2) is 40.6 Å². The Hall–Kier alpha value is -0.220. The van der Waals surface area contributed by atoms with Crippen LogP contribution in [0.1, 0.15) is 53.9 Å². The molecule has 0 aromatic rings. The molecule has 4 heteroatoms. The monoisotopic (exact) mass is 286 g/mol. The summed E-state index contributed by atoms with van der Waals surface area (Å²) in [6, 6.07) is 0.354. The zero-order chi connectivity index (χ0) is 14.6. The summed E-state index contributed by atoms with van der Waals surface area (Å²) in [5.74, 6) is 1.92. The molecule has 1 saturated heterocycles. The second-order valence-corrected chi connectivity index (χ2v) is 7.12. The van der Waals surface area contributed by atoms with E-state index in [0.717, 1.165) is 25.0 Å². The molecule has 3 atom stereocenters. The number of nitrogens with zero attached hydrogens (tertiary/aromatic N) is 1. The summed E-state index contributed by atoms with van der Waals surface area (Å²) in [6.45, 7) is 10.8. The van der Waals surface area contributed by atoms with E-state index in [2.05, 4.69) is 51.1 Å².